The quantitative estimate of drug-likeness (QED) is 0.875. The van der Waals surface area contributed by atoms with E-state index in [4.69, 9.17) is 4.74 Å². The van der Waals surface area contributed by atoms with Crippen LogP contribution in [0.5, 0.6) is 5.75 Å². The van der Waals surface area contributed by atoms with E-state index in [1.54, 1.807) is 37.2 Å². The van der Waals surface area contributed by atoms with Gasteiger partial charge in [0.1, 0.15) is 11.6 Å². The van der Waals surface area contributed by atoms with Crippen LogP contribution >= 0.6 is 0 Å². The minimum Gasteiger partial charge on any atom is -0.497 e. The molecule has 0 aliphatic rings. The molecule has 0 aliphatic carbocycles. The lowest BCUT2D eigenvalue weighted by atomic mass is 10.3. The zero-order valence-corrected chi connectivity index (χ0v) is 9.64. The van der Waals surface area contributed by atoms with E-state index in [0.29, 0.717) is 18.0 Å². The average molecular weight is 236 g/mol. The lowest BCUT2D eigenvalue weighted by molar-refractivity contribution is 0.414. The smallest absolute Gasteiger partial charge is 0.146 e. The lowest BCUT2D eigenvalue weighted by Gasteiger charge is -2.08. The number of aryl methyl sites for hydroxylation is 1. The Hall–Kier alpha value is -2.11. The fourth-order valence-electron chi connectivity index (χ4n) is 1.42. The highest BCUT2D eigenvalue weighted by Gasteiger charge is 2.05. The van der Waals surface area contributed by atoms with Crippen molar-refractivity contribution in [1.82, 2.24) is 15.0 Å². The number of nitrogens with zero attached hydrogens (tertiary/aromatic N) is 3. The van der Waals surface area contributed by atoms with Gasteiger partial charge in [0.05, 0.1) is 31.2 Å². The molecular formula is C11H13FN4O. The number of nitrogens with one attached hydrogen (secondary N) is 1. The molecule has 0 unspecified atom stereocenters. The number of methoxy groups -OCH3 is 1. The summed E-state index contributed by atoms with van der Waals surface area (Å²) in [6, 6.07) is 4.55. The van der Waals surface area contributed by atoms with E-state index in [1.165, 1.54) is 6.07 Å². The van der Waals surface area contributed by atoms with Crippen molar-refractivity contribution in [3.63, 3.8) is 0 Å². The predicted octanol–water partition coefficient (Wildman–Crippen LogP) is 1.57. The second-order valence-electron chi connectivity index (χ2n) is 3.55. The molecule has 0 spiro atoms. The van der Waals surface area contributed by atoms with Crippen LogP contribution in [0, 0.1) is 5.82 Å². The molecule has 0 saturated carbocycles. The van der Waals surface area contributed by atoms with Crippen molar-refractivity contribution in [1.29, 1.82) is 0 Å². The van der Waals surface area contributed by atoms with Crippen molar-refractivity contribution in [3.8, 4) is 5.75 Å². The topological polar surface area (TPSA) is 52.0 Å². The zero-order valence-electron chi connectivity index (χ0n) is 9.64. The van der Waals surface area contributed by atoms with Crippen LogP contribution in [0.4, 0.5) is 10.1 Å². The van der Waals surface area contributed by atoms with E-state index in [2.05, 4.69) is 15.6 Å². The molecule has 0 bridgehead atoms. The van der Waals surface area contributed by atoms with Gasteiger partial charge < -0.3 is 10.1 Å². The van der Waals surface area contributed by atoms with Crippen molar-refractivity contribution < 1.29 is 9.13 Å². The Morgan fingerprint density at radius 3 is 2.94 bits per heavy atom. The van der Waals surface area contributed by atoms with Gasteiger partial charge in [-0.15, -0.1) is 5.10 Å². The molecule has 0 radical (unpaired) electrons. The van der Waals surface area contributed by atoms with Gasteiger partial charge in [-0.25, -0.2) is 4.39 Å². The second kappa shape index (κ2) is 4.82. The first-order chi connectivity index (χ1) is 8.20. The number of hydrogen-bond donors (Lipinski definition) is 1. The molecule has 2 aromatic rings. The standard InChI is InChI=1S/C11H13FN4O/c1-16-8(7-14-15-16)6-13-11-5-9(17-2)3-4-10(11)12/h3-5,7,13H,6H2,1-2H3. The minimum atomic E-state index is -0.319. The molecule has 17 heavy (non-hydrogen) atoms. The summed E-state index contributed by atoms with van der Waals surface area (Å²) in [5, 5.41) is 10.5. The lowest BCUT2D eigenvalue weighted by Crippen LogP contribution is -2.06. The second-order valence-corrected chi connectivity index (χ2v) is 3.55. The SMILES string of the molecule is COc1ccc(F)c(NCc2cnnn2C)c1. The summed E-state index contributed by atoms with van der Waals surface area (Å²) < 4.78 is 20.1. The highest BCUT2D eigenvalue weighted by atomic mass is 19.1. The van der Waals surface area contributed by atoms with E-state index in [0.717, 1.165) is 5.69 Å². The molecule has 2 rings (SSSR count). The van der Waals surface area contributed by atoms with Gasteiger partial charge in [0.15, 0.2) is 0 Å². The first-order valence-electron chi connectivity index (χ1n) is 5.11. The van der Waals surface area contributed by atoms with E-state index < -0.39 is 0 Å². The number of halogens is 1. The Bertz CT molecular complexity index is 512. The summed E-state index contributed by atoms with van der Waals surface area (Å²) >= 11 is 0. The number of rotatable bonds is 4. The fraction of sp³-hybridized carbons (Fsp3) is 0.273. The largest absolute Gasteiger partial charge is 0.497 e. The molecule has 1 N–H and O–H groups in total. The summed E-state index contributed by atoms with van der Waals surface area (Å²) in [5.41, 5.74) is 1.26. The van der Waals surface area contributed by atoms with E-state index >= 15 is 0 Å². The first kappa shape index (κ1) is 11.4. The Balaban J connectivity index is 2.11. The van der Waals surface area contributed by atoms with Gasteiger partial charge in [0, 0.05) is 13.1 Å². The van der Waals surface area contributed by atoms with Gasteiger partial charge in [-0.3, -0.25) is 4.68 Å². The Morgan fingerprint density at radius 2 is 2.29 bits per heavy atom. The van der Waals surface area contributed by atoms with E-state index in [9.17, 15) is 4.39 Å². The number of hydrogen-bond acceptors (Lipinski definition) is 4. The molecule has 1 aromatic carbocycles. The van der Waals surface area contributed by atoms with Crippen molar-refractivity contribution >= 4 is 5.69 Å². The van der Waals surface area contributed by atoms with Crippen LogP contribution in [0.3, 0.4) is 0 Å². The van der Waals surface area contributed by atoms with Crippen LogP contribution in [0.1, 0.15) is 5.69 Å². The molecule has 1 heterocycles. The van der Waals surface area contributed by atoms with Crippen LogP contribution < -0.4 is 10.1 Å². The van der Waals surface area contributed by atoms with Crippen molar-refractivity contribution in [2.45, 2.75) is 6.54 Å². The molecule has 0 saturated heterocycles. The van der Waals surface area contributed by atoms with Crippen molar-refractivity contribution in [2.24, 2.45) is 7.05 Å². The summed E-state index contributed by atoms with van der Waals surface area (Å²) in [7, 11) is 3.33. The van der Waals surface area contributed by atoms with Crippen LogP contribution in [-0.4, -0.2) is 22.1 Å². The summed E-state index contributed by atoms with van der Waals surface area (Å²) in [6.45, 7) is 0.452. The molecule has 90 valence electrons. The van der Waals surface area contributed by atoms with Crippen molar-refractivity contribution in [2.75, 3.05) is 12.4 Å². The third-order valence-electron chi connectivity index (χ3n) is 2.44. The number of ether oxygens (including phenoxy) is 1. The van der Waals surface area contributed by atoms with Crippen LogP contribution in [-0.2, 0) is 13.6 Å². The maximum Gasteiger partial charge on any atom is 0.146 e. The van der Waals surface area contributed by atoms with E-state index in [-0.39, 0.29) is 5.82 Å². The Labute approximate surface area is 98.2 Å². The highest BCUT2D eigenvalue weighted by Crippen LogP contribution is 2.21. The fourth-order valence-corrected chi connectivity index (χ4v) is 1.42. The maximum absolute atomic E-state index is 13.5. The molecule has 0 aliphatic heterocycles. The summed E-state index contributed by atoms with van der Waals surface area (Å²) in [4.78, 5) is 0. The number of anilines is 1. The third-order valence-corrected chi connectivity index (χ3v) is 2.44. The first-order valence-corrected chi connectivity index (χ1v) is 5.11. The Morgan fingerprint density at radius 1 is 1.47 bits per heavy atom. The van der Waals surface area contributed by atoms with Gasteiger partial charge in [-0.05, 0) is 12.1 Å². The predicted molar refractivity (Wildman–Crippen MR) is 61.3 cm³/mol. The van der Waals surface area contributed by atoms with Crippen LogP contribution in [0.15, 0.2) is 24.4 Å². The minimum absolute atomic E-state index is 0.319. The summed E-state index contributed by atoms with van der Waals surface area (Å²) in [6.07, 6.45) is 1.63. The van der Waals surface area contributed by atoms with Gasteiger partial charge in [0.2, 0.25) is 0 Å². The van der Waals surface area contributed by atoms with Crippen LogP contribution in [0.2, 0.25) is 0 Å². The number of aromatic nitrogens is 3. The molecule has 6 heteroatoms. The highest BCUT2D eigenvalue weighted by molar-refractivity contribution is 5.49. The molecule has 0 atom stereocenters. The monoisotopic (exact) mass is 236 g/mol. The van der Waals surface area contributed by atoms with Crippen molar-refractivity contribution in [3.05, 3.63) is 35.9 Å². The zero-order chi connectivity index (χ0) is 12.3. The average Bonchev–Trinajstić information content (AvgIpc) is 2.74. The van der Waals surface area contributed by atoms with Gasteiger partial charge in [-0.2, -0.15) is 0 Å². The van der Waals surface area contributed by atoms with Gasteiger partial charge in [0.25, 0.3) is 0 Å². The summed E-state index contributed by atoms with van der Waals surface area (Å²) in [5.74, 6) is 0.290. The van der Waals surface area contributed by atoms with Gasteiger partial charge >= 0.3 is 0 Å². The normalized spacial score (nSPS) is 10.3. The van der Waals surface area contributed by atoms with Crippen LogP contribution in [0.25, 0.3) is 0 Å². The third kappa shape index (κ3) is 2.52. The van der Waals surface area contributed by atoms with E-state index in [1.807, 2.05) is 0 Å². The molecule has 0 fully saturated rings. The molecular weight excluding hydrogens is 223 g/mol. The Kier molecular flexibility index (Phi) is 3.22. The molecule has 0 amide bonds. The molecule has 1 aromatic heterocycles. The molecule has 5 nitrogen and oxygen atoms in total. The van der Waals surface area contributed by atoms with Gasteiger partial charge in [-0.1, -0.05) is 5.21 Å². The number of benzene rings is 1. The maximum atomic E-state index is 13.5.